The fourth-order valence-corrected chi connectivity index (χ4v) is 4.17. The Morgan fingerprint density at radius 3 is 3.00 bits per heavy atom. The lowest BCUT2D eigenvalue weighted by Gasteiger charge is -2.36. The molecule has 13 heavy (non-hydrogen) atoms. The smallest absolute Gasteiger partial charge is 0.0639 e. The van der Waals surface area contributed by atoms with Gasteiger partial charge in [-0.15, -0.1) is 0 Å². The molecule has 4 unspecified atom stereocenters. The van der Waals surface area contributed by atoms with Crippen molar-refractivity contribution in [2.24, 2.45) is 17.3 Å². The second kappa shape index (κ2) is 2.20. The topological polar surface area (TPSA) is 20.2 Å². The number of hydrogen-bond acceptors (Lipinski definition) is 1. The number of aliphatic hydroxyl groups excluding tert-OH is 1. The first-order chi connectivity index (χ1) is 6.13. The molecule has 1 nitrogen and oxygen atoms in total. The van der Waals surface area contributed by atoms with Crippen LogP contribution in [0, 0.1) is 17.3 Å². The van der Waals surface area contributed by atoms with E-state index in [1.807, 2.05) is 0 Å². The molecule has 4 atom stereocenters. The maximum Gasteiger partial charge on any atom is 0.0639 e. The van der Waals surface area contributed by atoms with Crippen molar-refractivity contribution in [3.8, 4) is 0 Å². The van der Waals surface area contributed by atoms with Crippen LogP contribution in [-0.4, -0.2) is 11.2 Å². The Morgan fingerprint density at radius 1 is 1.46 bits per heavy atom. The minimum absolute atomic E-state index is 0.0446. The van der Waals surface area contributed by atoms with E-state index in [1.54, 1.807) is 11.1 Å². The zero-order valence-electron chi connectivity index (χ0n) is 8.51. The van der Waals surface area contributed by atoms with Crippen LogP contribution in [0.2, 0.25) is 0 Å². The first-order valence-electron chi connectivity index (χ1n) is 5.52. The molecule has 2 fully saturated rings. The molecular formula is C12H18O. The molecule has 0 saturated heterocycles. The number of aliphatic hydroxyl groups is 1. The normalized spacial score (nSPS) is 53.3. The average Bonchev–Trinajstić information content (AvgIpc) is 2.63. The SMILES string of the molecule is CC1CCC2=C3CC(O)C(C)(C3)C21. The molecule has 3 aliphatic rings. The van der Waals surface area contributed by atoms with Gasteiger partial charge in [0.05, 0.1) is 6.10 Å². The van der Waals surface area contributed by atoms with Crippen LogP contribution in [0.15, 0.2) is 11.1 Å². The van der Waals surface area contributed by atoms with Gasteiger partial charge in [0.25, 0.3) is 0 Å². The van der Waals surface area contributed by atoms with Crippen molar-refractivity contribution in [3.63, 3.8) is 0 Å². The van der Waals surface area contributed by atoms with Crippen LogP contribution in [-0.2, 0) is 0 Å². The Balaban J connectivity index is 2.10. The molecule has 0 aromatic heterocycles. The standard InChI is InChI=1S/C12H18O/c1-7-3-4-9-8-5-10(13)12(2,6-8)11(7)9/h7,10-11,13H,3-6H2,1-2H3. The summed E-state index contributed by atoms with van der Waals surface area (Å²) in [5.74, 6) is 1.54. The molecule has 0 aromatic carbocycles. The van der Waals surface area contributed by atoms with Gasteiger partial charge < -0.3 is 5.11 Å². The van der Waals surface area contributed by atoms with Crippen molar-refractivity contribution < 1.29 is 5.11 Å². The molecular weight excluding hydrogens is 160 g/mol. The Bertz CT molecular complexity index is 291. The molecule has 3 rings (SSSR count). The predicted molar refractivity (Wildman–Crippen MR) is 52.3 cm³/mol. The third-order valence-corrected chi connectivity index (χ3v) is 4.77. The van der Waals surface area contributed by atoms with Crippen molar-refractivity contribution in [2.75, 3.05) is 0 Å². The highest BCUT2D eigenvalue weighted by atomic mass is 16.3. The first kappa shape index (κ1) is 8.05. The van der Waals surface area contributed by atoms with Crippen LogP contribution >= 0.6 is 0 Å². The van der Waals surface area contributed by atoms with E-state index >= 15 is 0 Å². The monoisotopic (exact) mass is 178 g/mol. The largest absolute Gasteiger partial charge is 0.392 e. The van der Waals surface area contributed by atoms with Gasteiger partial charge in [-0.25, -0.2) is 0 Å². The lowest BCUT2D eigenvalue weighted by Crippen LogP contribution is -2.36. The summed E-state index contributed by atoms with van der Waals surface area (Å²) >= 11 is 0. The molecule has 1 heteroatoms. The van der Waals surface area contributed by atoms with Crippen molar-refractivity contribution in [3.05, 3.63) is 11.1 Å². The Labute approximate surface area is 79.8 Å². The van der Waals surface area contributed by atoms with Gasteiger partial charge in [-0.1, -0.05) is 25.0 Å². The summed E-state index contributed by atoms with van der Waals surface area (Å²) in [5.41, 5.74) is 3.57. The Morgan fingerprint density at radius 2 is 2.23 bits per heavy atom. The van der Waals surface area contributed by atoms with Crippen molar-refractivity contribution in [1.29, 1.82) is 0 Å². The van der Waals surface area contributed by atoms with Crippen LogP contribution in [0.4, 0.5) is 0 Å². The van der Waals surface area contributed by atoms with Crippen molar-refractivity contribution in [2.45, 2.75) is 45.6 Å². The maximum atomic E-state index is 10.0. The molecule has 0 spiro atoms. The minimum Gasteiger partial charge on any atom is -0.392 e. The molecule has 0 aliphatic heterocycles. The summed E-state index contributed by atoms with van der Waals surface area (Å²) in [6.45, 7) is 4.65. The van der Waals surface area contributed by atoms with Gasteiger partial charge in [0.15, 0.2) is 0 Å². The summed E-state index contributed by atoms with van der Waals surface area (Å²) < 4.78 is 0. The van der Waals surface area contributed by atoms with Crippen LogP contribution < -0.4 is 0 Å². The van der Waals surface area contributed by atoms with Crippen LogP contribution in [0.1, 0.15) is 39.5 Å². The fraction of sp³-hybridized carbons (Fsp3) is 0.833. The zero-order valence-corrected chi connectivity index (χ0v) is 8.51. The second-order valence-corrected chi connectivity index (χ2v) is 5.52. The average molecular weight is 178 g/mol. The summed E-state index contributed by atoms with van der Waals surface area (Å²) in [7, 11) is 0. The fourth-order valence-electron chi connectivity index (χ4n) is 4.17. The van der Waals surface area contributed by atoms with Gasteiger partial charge >= 0.3 is 0 Å². The second-order valence-electron chi connectivity index (χ2n) is 5.52. The lowest BCUT2D eigenvalue weighted by molar-refractivity contribution is 0.0205. The molecule has 2 bridgehead atoms. The molecule has 0 heterocycles. The number of hydrogen-bond donors (Lipinski definition) is 1. The quantitative estimate of drug-likeness (QED) is 0.565. The first-order valence-corrected chi connectivity index (χ1v) is 5.52. The van der Waals surface area contributed by atoms with Gasteiger partial charge in [0, 0.05) is 5.41 Å². The summed E-state index contributed by atoms with van der Waals surface area (Å²) in [5, 5.41) is 10.0. The molecule has 2 saturated carbocycles. The minimum atomic E-state index is -0.0446. The molecule has 1 N–H and O–H groups in total. The van der Waals surface area contributed by atoms with Crippen LogP contribution in [0.3, 0.4) is 0 Å². The highest BCUT2D eigenvalue weighted by Gasteiger charge is 2.56. The summed E-state index contributed by atoms with van der Waals surface area (Å²) in [6.07, 6.45) is 4.81. The molecule has 72 valence electrons. The van der Waals surface area contributed by atoms with E-state index in [4.69, 9.17) is 0 Å². The van der Waals surface area contributed by atoms with Crippen molar-refractivity contribution in [1.82, 2.24) is 0 Å². The van der Waals surface area contributed by atoms with E-state index in [0.29, 0.717) is 0 Å². The van der Waals surface area contributed by atoms with Gasteiger partial charge in [-0.2, -0.15) is 0 Å². The maximum absolute atomic E-state index is 10.0. The van der Waals surface area contributed by atoms with Gasteiger partial charge in [-0.05, 0) is 37.5 Å². The molecule has 0 radical (unpaired) electrons. The van der Waals surface area contributed by atoms with E-state index in [1.165, 1.54) is 19.3 Å². The van der Waals surface area contributed by atoms with Crippen LogP contribution in [0.25, 0.3) is 0 Å². The van der Waals surface area contributed by atoms with E-state index in [0.717, 1.165) is 18.3 Å². The molecule has 0 aromatic rings. The molecule has 3 aliphatic carbocycles. The highest BCUT2D eigenvalue weighted by molar-refractivity contribution is 5.37. The zero-order chi connectivity index (χ0) is 9.22. The van der Waals surface area contributed by atoms with E-state index in [9.17, 15) is 5.11 Å². The Kier molecular flexibility index (Phi) is 1.36. The highest BCUT2D eigenvalue weighted by Crippen LogP contribution is 2.63. The number of fused-ring (bicyclic) bond motifs is 4. The van der Waals surface area contributed by atoms with Gasteiger partial charge in [-0.3, -0.25) is 0 Å². The summed E-state index contributed by atoms with van der Waals surface area (Å²) in [6, 6.07) is 0. The lowest BCUT2D eigenvalue weighted by atomic mass is 9.70. The van der Waals surface area contributed by atoms with Gasteiger partial charge in [0.1, 0.15) is 0 Å². The third-order valence-electron chi connectivity index (χ3n) is 4.77. The van der Waals surface area contributed by atoms with E-state index in [-0.39, 0.29) is 11.5 Å². The van der Waals surface area contributed by atoms with E-state index < -0.39 is 0 Å². The van der Waals surface area contributed by atoms with Crippen LogP contribution in [0.5, 0.6) is 0 Å². The Hall–Kier alpha value is -0.300. The predicted octanol–water partition coefficient (Wildman–Crippen LogP) is 2.50. The third kappa shape index (κ3) is 0.775. The number of rotatable bonds is 0. The summed E-state index contributed by atoms with van der Waals surface area (Å²) in [4.78, 5) is 0. The van der Waals surface area contributed by atoms with Crippen molar-refractivity contribution >= 4 is 0 Å². The van der Waals surface area contributed by atoms with Gasteiger partial charge in [0.2, 0.25) is 0 Å². The number of allylic oxidation sites excluding steroid dienone is 1. The molecule has 0 amide bonds. The van der Waals surface area contributed by atoms with E-state index in [2.05, 4.69) is 13.8 Å².